The molecular formula is C20H23N3O4S. The van der Waals surface area contributed by atoms with Crippen molar-refractivity contribution in [3.8, 4) is 0 Å². The van der Waals surface area contributed by atoms with Crippen LogP contribution in [0.15, 0.2) is 29.6 Å². The van der Waals surface area contributed by atoms with Crippen molar-refractivity contribution in [2.45, 2.75) is 26.7 Å². The van der Waals surface area contributed by atoms with Gasteiger partial charge in [0.2, 0.25) is 0 Å². The van der Waals surface area contributed by atoms with Gasteiger partial charge in [-0.3, -0.25) is 19.7 Å². The Morgan fingerprint density at radius 3 is 2.86 bits per heavy atom. The van der Waals surface area contributed by atoms with Crippen molar-refractivity contribution in [3.05, 3.63) is 46.5 Å². The van der Waals surface area contributed by atoms with Crippen LogP contribution in [0.4, 0.5) is 5.13 Å². The Morgan fingerprint density at radius 1 is 1.32 bits per heavy atom. The van der Waals surface area contributed by atoms with Gasteiger partial charge in [-0.1, -0.05) is 18.2 Å². The smallest absolute Gasteiger partial charge is 0.310 e. The Kier molecular flexibility index (Phi) is 6.41. The van der Waals surface area contributed by atoms with Crippen LogP contribution in [0.25, 0.3) is 0 Å². The van der Waals surface area contributed by atoms with Gasteiger partial charge in [0.25, 0.3) is 11.8 Å². The molecule has 1 aromatic carbocycles. The van der Waals surface area contributed by atoms with Gasteiger partial charge in [-0.2, -0.15) is 0 Å². The number of hydrogen-bond acceptors (Lipinski definition) is 6. The second-order valence-electron chi connectivity index (χ2n) is 6.65. The monoisotopic (exact) mass is 401 g/mol. The van der Waals surface area contributed by atoms with Gasteiger partial charge in [0, 0.05) is 24.0 Å². The van der Waals surface area contributed by atoms with E-state index >= 15 is 0 Å². The molecule has 1 aromatic heterocycles. The van der Waals surface area contributed by atoms with Gasteiger partial charge in [-0.05, 0) is 38.3 Å². The summed E-state index contributed by atoms with van der Waals surface area (Å²) in [7, 11) is 0. The van der Waals surface area contributed by atoms with E-state index in [1.165, 1.54) is 11.3 Å². The number of esters is 1. The summed E-state index contributed by atoms with van der Waals surface area (Å²) >= 11 is 1.20. The third-order valence-corrected chi connectivity index (χ3v) is 5.42. The van der Waals surface area contributed by atoms with Gasteiger partial charge < -0.3 is 9.64 Å². The van der Waals surface area contributed by atoms with Gasteiger partial charge in [0.15, 0.2) is 5.13 Å². The standard InChI is InChI=1S/C20H23N3O4S/c1-3-27-19(26)14-8-6-10-23(11-14)18(25)16-12-28-20(21-16)22-17(24)15-9-5-4-7-13(15)2/h4-5,7,9,12,14H,3,6,8,10-11H2,1-2H3,(H,21,22,24)/t14-/m0/s1. The van der Waals surface area contributed by atoms with Gasteiger partial charge in [-0.25, -0.2) is 4.98 Å². The molecule has 7 nitrogen and oxygen atoms in total. The fourth-order valence-corrected chi connectivity index (χ4v) is 3.88. The third kappa shape index (κ3) is 4.56. The molecule has 1 fully saturated rings. The molecule has 1 aliphatic heterocycles. The molecule has 0 radical (unpaired) electrons. The summed E-state index contributed by atoms with van der Waals surface area (Å²) in [4.78, 5) is 43.0. The minimum atomic E-state index is -0.295. The molecule has 28 heavy (non-hydrogen) atoms. The van der Waals surface area contributed by atoms with Crippen molar-refractivity contribution in [2.24, 2.45) is 5.92 Å². The summed E-state index contributed by atoms with van der Waals surface area (Å²) in [5.41, 5.74) is 1.71. The lowest BCUT2D eigenvalue weighted by Gasteiger charge is -2.31. The van der Waals surface area contributed by atoms with Crippen LogP contribution < -0.4 is 5.32 Å². The van der Waals surface area contributed by atoms with Crippen LogP contribution in [0.5, 0.6) is 0 Å². The molecule has 3 rings (SSSR count). The number of thiazole rings is 1. The van der Waals surface area contributed by atoms with E-state index in [0.717, 1.165) is 18.4 Å². The lowest BCUT2D eigenvalue weighted by atomic mass is 9.98. The highest BCUT2D eigenvalue weighted by Gasteiger charge is 2.30. The molecule has 148 valence electrons. The van der Waals surface area contributed by atoms with E-state index in [2.05, 4.69) is 10.3 Å². The summed E-state index contributed by atoms with van der Waals surface area (Å²) in [5.74, 6) is -1.05. The number of carbonyl (C=O) groups is 3. The zero-order valence-corrected chi connectivity index (χ0v) is 16.8. The summed E-state index contributed by atoms with van der Waals surface area (Å²) in [6.45, 7) is 4.88. The molecule has 1 atom stereocenters. The largest absolute Gasteiger partial charge is 0.466 e. The van der Waals surface area contributed by atoms with Crippen molar-refractivity contribution >= 4 is 34.3 Å². The van der Waals surface area contributed by atoms with Gasteiger partial charge >= 0.3 is 5.97 Å². The first-order valence-electron chi connectivity index (χ1n) is 9.28. The number of rotatable bonds is 5. The SMILES string of the molecule is CCOC(=O)[C@H]1CCCN(C(=O)c2csc(NC(=O)c3ccccc3C)n2)C1. The topological polar surface area (TPSA) is 88.6 Å². The second kappa shape index (κ2) is 8.97. The maximum Gasteiger partial charge on any atom is 0.310 e. The average Bonchev–Trinajstić information content (AvgIpc) is 3.16. The number of ether oxygens (including phenoxy) is 1. The minimum absolute atomic E-state index is 0.235. The van der Waals surface area contributed by atoms with E-state index in [0.29, 0.717) is 30.4 Å². The van der Waals surface area contributed by atoms with E-state index in [1.807, 2.05) is 19.1 Å². The number of carbonyl (C=O) groups excluding carboxylic acids is 3. The Hall–Kier alpha value is -2.74. The number of anilines is 1. The number of amides is 2. The fraction of sp³-hybridized carbons (Fsp3) is 0.400. The van der Waals surface area contributed by atoms with Gasteiger partial charge in [0.05, 0.1) is 12.5 Å². The zero-order chi connectivity index (χ0) is 20.1. The average molecular weight is 401 g/mol. The van der Waals surface area contributed by atoms with Crippen LogP contribution in [0.2, 0.25) is 0 Å². The molecular weight excluding hydrogens is 378 g/mol. The Bertz CT molecular complexity index is 880. The second-order valence-corrected chi connectivity index (χ2v) is 7.51. The van der Waals surface area contributed by atoms with E-state index in [9.17, 15) is 14.4 Å². The highest BCUT2D eigenvalue weighted by atomic mass is 32.1. The maximum absolute atomic E-state index is 12.8. The molecule has 0 bridgehead atoms. The predicted octanol–water partition coefficient (Wildman–Crippen LogP) is 3.12. The van der Waals surface area contributed by atoms with E-state index < -0.39 is 0 Å². The molecule has 1 N–H and O–H groups in total. The highest BCUT2D eigenvalue weighted by molar-refractivity contribution is 7.14. The first-order chi connectivity index (χ1) is 13.5. The number of nitrogens with zero attached hydrogens (tertiary/aromatic N) is 2. The molecule has 2 aromatic rings. The fourth-order valence-electron chi connectivity index (χ4n) is 3.20. The van der Waals surface area contributed by atoms with E-state index in [-0.39, 0.29) is 29.4 Å². The quantitative estimate of drug-likeness (QED) is 0.778. The van der Waals surface area contributed by atoms with Crippen LogP contribution in [0, 0.1) is 12.8 Å². The van der Waals surface area contributed by atoms with Crippen LogP contribution in [-0.4, -0.2) is 47.4 Å². The van der Waals surface area contributed by atoms with Crippen molar-refractivity contribution in [3.63, 3.8) is 0 Å². The lowest BCUT2D eigenvalue weighted by molar-refractivity contribution is -0.149. The number of nitrogens with one attached hydrogen (secondary N) is 1. The number of hydrogen-bond donors (Lipinski definition) is 1. The van der Waals surface area contributed by atoms with Crippen molar-refractivity contribution in [2.75, 3.05) is 25.0 Å². The van der Waals surface area contributed by atoms with Crippen molar-refractivity contribution in [1.29, 1.82) is 0 Å². The minimum Gasteiger partial charge on any atom is -0.466 e. The molecule has 0 unspecified atom stereocenters. The Balaban J connectivity index is 1.64. The summed E-state index contributed by atoms with van der Waals surface area (Å²) in [5, 5.41) is 4.74. The number of likely N-dealkylation sites (tertiary alicyclic amines) is 1. The summed E-state index contributed by atoms with van der Waals surface area (Å²) < 4.78 is 5.08. The van der Waals surface area contributed by atoms with Gasteiger partial charge in [-0.15, -0.1) is 11.3 Å². The molecule has 0 spiro atoms. The molecule has 0 saturated carbocycles. The highest BCUT2D eigenvalue weighted by Crippen LogP contribution is 2.23. The third-order valence-electron chi connectivity index (χ3n) is 4.66. The number of piperidine rings is 1. The van der Waals surface area contributed by atoms with Crippen LogP contribution in [0.3, 0.4) is 0 Å². The van der Waals surface area contributed by atoms with Crippen LogP contribution in [0.1, 0.15) is 46.2 Å². The number of aromatic nitrogens is 1. The first-order valence-corrected chi connectivity index (χ1v) is 10.2. The molecule has 1 aliphatic rings. The summed E-state index contributed by atoms with van der Waals surface area (Å²) in [6, 6.07) is 7.28. The number of aryl methyl sites for hydroxylation is 1. The van der Waals surface area contributed by atoms with E-state index in [1.54, 1.807) is 29.3 Å². The normalized spacial score (nSPS) is 16.5. The zero-order valence-electron chi connectivity index (χ0n) is 15.9. The number of benzene rings is 1. The maximum atomic E-state index is 12.8. The first kappa shape index (κ1) is 20.0. The molecule has 8 heteroatoms. The van der Waals surface area contributed by atoms with E-state index in [4.69, 9.17) is 4.74 Å². The lowest BCUT2D eigenvalue weighted by Crippen LogP contribution is -2.43. The molecule has 0 aliphatic carbocycles. The molecule has 1 saturated heterocycles. The predicted molar refractivity (Wildman–Crippen MR) is 107 cm³/mol. The summed E-state index contributed by atoms with van der Waals surface area (Å²) in [6.07, 6.45) is 1.47. The Labute approximate surface area is 167 Å². The van der Waals surface area contributed by atoms with Crippen LogP contribution >= 0.6 is 11.3 Å². The van der Waals surface area contributed by atoms with Crippen molar-refractivity contribution in [1.82, 2.24) is 9.88 Å². The molecule has 2 amide bonds. The Morgan fingerprint density at radius 2 is 2.11 bits per heavy atom. The molecule has 2 heterocycles. The van der Waals surface area contributed by atoms with Crippen LogP contribution in [-0.2, 0) is 9.53 Å². The van der Waals surface area contributed by atoms with Gasteiger partial charge in [0.1, 0.15) is 5.69 Å². The van der Waals surface area contributed by atoms with Crippen molar-refractivity contribution < 1.29 is 19.1 Å².